The number of halogens is 3. The number of nitrogens with two attached hydrogens (primary N) is 2. The molecule has 0 bridgehead atoms. The third-order valence-corrected chi connectivity index (χ3v) is 1.92. The molecule has 0 fully saturated rings. The van der Waals surface area contributed by atoms with Gasteiger partial charge in [-0.05, 0) is 0 Å². The zero-order valence-corrected chi connectivity index (χ0v) is 20.8. The third kappa shape index (κ3) is 33.9. The fourth-order valence-corrected chi connectivity index (χ4v) is 1.27. The first kappa shape index (κ1) is 37.7. The van der Waals surface area contributed by atoms with Crippen LogP contribution in [0.15, 0.2) is 29.8 Å². The van der Waals surface area contributed by atoms with E-state index in [1.807, 2.05) is 55.4 Å². The number of nitrogens with one attached hydrogen (secondary N) is 1. The first-order valence-corrected chi connectivity index (χ1v) is 10.2. The average Bonchev–Trinajstić information content (AvgIpc) is 2.75. The van der Waals surface area contributed by atoms with Crippen LogP contribution in [0.1, 0.15) is 55.4 Å². The highest BCUT2D eigenvalue weighted by atomic mass is 35.5. The topological polar surface area (TPSA) is 140 Å². The highest BCUT2D eigenvalue weighted by Crippen LogP contribution is 2.08. The maximum Gasteiger partial charge on any atom is 0.173 e. The lowest BCUT2D eigenvalue weighted by atomic mass is 10.7. The molecular formula is C18H35Cl3N8. The van der Waals surface area contributed by atoms with E-state index in [2.05, 4.69) is 30.7 Å². The van der Waals surface area contributed by atoms with Gasteiger partial charge in [0.25, 0.3) is 0 Å². The first-order chi connectivity index (χ1) is 14.0. The van der Waals surface area contributed by atoms with E-state index in [1.165, 1.54) is 24.8 Å². The summed E-state index contributed by atoms with van der Waals surface area (Å²) in [6.07, 6.45) is 7.63. The van der Waals surface area contributed by atoms with Gasteiger partial charge in [-0.15, -0.1) is 0 Å². The van der Waals surface area contributed by atoms with Gasteiger partial charge in [-0.25, -0.2) is 15.0 Å². The molecule has 0 saturated carbocycles. The van der Waals surface area contributed by atoms with E-state index in [1.54, 1.807) is 0 Å². The Morgan fingerprint density at radius 2 is 1.03 bits per heavy atom. The molecule has 0 saturated heterocycles. The minimum atomic E-state index is 0.308. The lowest BCUT2D eigenvalue weighted by molar-refractivity contribution is 1.18. The van der Waals surface area contributed by atoms with E-state index < -0.39 is 0 Å². The van der Waals surface area contributed by atoms with Crippen LogP contribution in [0.25, 0.3) is 0 Å². The summed E-state index contributed by atoms with van der Waals surface area (Å²) in [6.45, 7) is 16.0. The van der Waals surface area contributed by atoms with Gasteiger partial charge in [-0.3, -0.25) is 15.4 Å². The van der Waals surface area contributed by atoms with Crippen LogP contribution in [-0.4, -0.2) is 32.6 Å². The summed E-state index contributed by atoms with van der Waals surface area (Å²) in [5.41, 5.74) is 9.40. The second-order valence-corrected chi connectivity index (χ2v) is 3.97. The summed E-state index contributed by atoms with van der Waals surface area (Å²) < 4.78 is 0. The fraction of sp³-hybridized carbons (Fsp3) is 0.444. The maximum absolute atomic E-state index is 5.86. The molecule has 0 atom stereocenters. The van der Waals surface area contributed by atoms with E-state index in [0.717, 1.165) is 12.7 Å². The number of rotatable bonds is 1. The standard InChI is InChI=1S/C5H5ClN4.C4H2Cl2N2.4C2H6.CH4N2/c6-4-1-8-2-5(10-4)9-3-7;5-3-1-7-2-4(6)8-3;4*1-2;2-1-3/h1-3H,(H2,7,9,10);1-2H;4*1-2H3;1H,(H3,2,3). The van der Waals surface area contributed by atoms with E-state index in [-0.39, 0.29) is 0 Å². The Morgan fingerprint density at radius 3 is 1.28 bits per heavy atom. The van der Waals surface area contributed by atoms with Crippen molar-refractivity contribution >= 4 is 53.3 Å². The SMILES string of the molecule is CC.CC.CC.CC.Clc1cncc(Cl)n1.N=CN.NC=Nc1cncc(Cl)n1. The molecule has 0 aromatic carbocycles. The van der Waals surface area contributed by atoms with Crippen LogP contribution < -0.4 is 11.5 Å². The van der Waals surface area contributed by atoms with Crippen LogP contribution in [0.2, 0.25) is 15.5 Å². The van der Waals surface area contributed by atoms with E-state index in [9.17, 15) is 0 Å². The molecule has 0 aliphatic rings. The van der Waals surface area contributed by atoms with Crippen molar-refractivity contribution in [2.24, 2.45) is 16.5 Å². The molecule has 0 spiro atoms. The van der Waals surface area contributed by atoms with Gasteiger partial charge in [-0.1, -0.05) is 90.2 Å². The summed E-state index contributed by atoms with van der Waals surface area (Å²) in [6, 6.07) is 0. The number of hydrogen-bond acceptors (Lipinski definition) is 6. The lowest BCUT2D eigenvalue weighted by Crippen LogP contribution is -1.88. The minimum Gasteiger partial charge on any atom is -0.390 e. The zero-order chi connectivity index (χ0) is 24.1. The Bertz CT molecular complexity index is 567. The van der Waals surface area contributed by atoms with E-state index in [0.29, 0.717) is 21.3 Å². The zero-order valence-electron chi connectivity index (χ0n) is 18.5. The molecule has 0 aliphatic heterocycles. The molecule has 2 heterocycles. The van der Waals surface area contributed by atoms with E-state index in [4.69, 9.17) is 45.9 Å². The van der Waals surface area contributed by atoms with Gasteiger partial charge in [-0.2, -0.15) is 0 Å². The van der Waals surface area contributed by atoms with Crippen LogP contribution >= 0.6 is 34.8 Å². The molecule has 5 N–H and O–H groups in total. The molecule has 0 radical (unpaired) electrons. The molecule has 0 amide bonds. The highest BCUT2D eigenvalue weighted by molar-refractivity contribution is 6.32. The van der Waals surface area contributed by atoms with Crippen molar-refractivity contribution in [3.8, 4) is 0 Å². The summed E-state index contributed by atoms with van der Waals surface area (Å²) in [5, 5.41) is 6.80. The summed E-state index contributed by atoms with van der Waals surface area (Å²) in [7, 11) is 0. The normalized spacial score (nSPS) is 7.41. The molecule has 168 valence electrons. The van der Waals surface area contributed by atoms with Gasteiger partial charge in [0, 0.05) is 0 Å². The lowest BCUT2D eigenvalue weighted by Gasteiger charge is -1.89. The molecular weight excluding hydrogens is 435 g/mol. The van der Waals surface area contributed by atoms with E-state index >= 15 is 0 Å². The summed E-state index contributed by atoms with van der Waals surface area (Å²) >= 11 is 16.3. The molecule has 29 heavy (non-hydrogen) atoms. The molecule has 2 aromatic rings. The molecule has 2 rings (SSSR count). The maximum atomic E-state index is 5.86. The van der Waals surface area contributed by atoms with Gasteiger partial charge in [0.05, 0.1) is 37.5 Å². The van der Waals surface area contributed by atoms with Crippen molar-refractivity contribution in [2.45, 2.75) is 55.4 Å². The van der Waals surface area contributed by atoms with Crippen molar-refractivity contribution in [3.05, 3.63) is 40.2 Å². The second kappa shape index (κ2) is 36.8. The second-order valence-electron chi connectivity index (χ2n) is 2.81. The number of nitrogens with zero attached hydrogens (tertiary/aromatic N) is 5. The van der Waals surface area contributed by atoms with Crippen molar-refractivity contribution in [1.82, 2.24) is 19.9 Å². The molecule has 8 nitrogen and oxygen atoms in total. The summed E-state index contributed by atoms with van der Waals surface area (Å²) in [4.78, 5) is 18.5. The molecule has 0 unspecified atom stereocenters. The van der Waals surface area contributed by atoms with Gasteiger partial charge in [0.2, 0.25) is 0 Å². The van der Waals surface area contributed by atoms with Crippen LogP contribution in [0, 0.1) is 5.41 Å². The third-order valence-electron chi connectivity index (χ3n) is 1.37. The predicted octanol–water partition coefficient (Wildman–Crippen LogP) is 6.19. The van der Waals surface area contributed by atoms with Gasteiger partial charge in [0.1, 0.15) is 15.5 Å². The Hall–Kier alpha value is -2.03. The van der Waals surface area contributed by atoms with Gasteiger partial charge in [0.15, 0.2) is 5.82 Å². The first-order valence-electron chi connectivity index (χ1n) is 9.09. The Balaban J connectivity index is -0.0000000906. The Morgan fingerprint density at radius 1 is 0.724 bits per heavy atom. The monoisotopic (exact) mass is 468 g/mol. The van der Waals surface area contributed by atoms with Crippen LogP contribution in [0.5, 0.6) is 0 Å². The smallest absolute Gasteiger partial charge is 0.173 e. The fourth-order valence-electron chi connectivity index (χ4n) is 0.791. The van der Waals surface area contributed by atoms with Gasteiger partial charge >= 0.3 is 0 Å². The highest BCUT2D eigenvalue weighted by Gasteiger charge is 1.90. The van der Waals surface area contributed by atoms with Crippen molar-refractivity contribution in [3.63, 3.8) is 0 Å². The molecule has 2 aromatic heterocycles. The number of aromatic nitrogens is 4. The minimum absolute atomic E-state index is 0.308. The number of hydrogen-bond donors (Lipinski definition) is 3. The average molecular weight is 470 g/mol. The van der Waals surface area contributed by atoms with Crippen molar-refractivity contribution < 1.29 is 0 Å². The largest absolute Gasteiger partial charge is 0.390 e. The number of aliphatic imine (C=N–C) groups is 1. The Labute approximate surface area is 190 Å². The van der Waals surface area contributed by atoms with Crippen molar-refractivity contribution in [1.29, 1.82) is 5.41 Å². The van der Waals surface area contributed by atoms with Gasteiger partial charge < -0.3 is 11.5 Å². The van der Waals surface area contributed by atoms with Crippen LogP contribution in [0.3, 0.4) is 0 Å². The van der Waals surface area contributed by atoms with Crippen LogP contribution in [0.4, 0.5) is 5.82 Å². The molecule has 0 aliphatic carbocycles. The van der Waals surface area contributed by atoms with Crippen LogP contribution in [-0.2, 0) is 0 Å². The Kier molecular flexibility index (Phi) is 47.8. The molecule has 11 heteroatoms. The predicted molar refractivity (Wildman–Crippen MR) is 130 cm³/mol. The van der Waals surface area contributed by atoms with Crippen molar-refractivity contribution in [2.75, 3.05) is 0 Å². The quantitative estimate of drug-likeness (QED) is 0.336. The summed E-state index contributed by atoms with van der Waals surface area (Å²) in [5.74, 6) is 0.412.